The molecule has 0 spiro atoms. The van der Waals surface area contributed by atoms with Crippen molar-refractivity contribution in [3.8, 4) is 5.75 Å². The molecular formula is C16H18O4. The molecule has 106 valence electrons. The van der Waals surface area contributed by atoms with E-state index in [2.05, 4.69) is 13.8 Å². The normalized spacial score (nSPS) is 11.0. The Balaban J connectivity index is 2.61. The van der Waals surface area contributed by atoms with Crippen LogP contribution >= 0.6 is 0 Å². The van der Waals surface area contributed by atoms with Crippen LogP contribution in [-0.2, 0) is 0 Å². The molecule has 2 N–H and O–H groups in total. The third-order valence-corrected chi connectivity index (χ3v) is 3.20. The third kappa shape index (κ3) is 2.91. The van der Waals surface area contributed by atoms with Crippen molar-refractivity contribution in [2.45, 2.75) is 19.8 Å². The maximum Gasteiger partial charge on any atom is 0.335 e. The zero-order valence-electron chi connectivity index (χ0n) is 11.6. The smallest absolute Gasteiger partial charge is 0.335 e. The third-order valence-electron chi connectivity index (χ3n) is 3.20. The van der Waals surface area contributed by atoms with E-state index in [0.29, 0.717) is 11.7 Å². The molecule has 20 heavy (non-hydrogen) atoms. The van der Waals surface area contributed by atoms with Gasteiger partial charge in [0.25, 0.3) is 0 Å². The van der Waals surface area contributed by atoms with Crippen LogP contribution in [0.15, 0.2) is 30.3 Å². The molecule has 2 aromatic rings. The van der Waals surface area contributed by atoms with E-state index in [1.165, 1.54) is 6.07 Å². The Morgan fingerprint density at radius 3 is 2.60 bits per heavy atom. The molecule has 0 aliphatic rings. The van der Waals surface area contributed by atoms with Crippen LogP contribution in [0.3, 0.4) is 0 Å². The Morgan fingerprint density at radius 2 is 2.00 bits per heavy atom. The van der Waals surface area contributed by atoms with Gasteiger partial charge in [0, 0.05) is 5.39 Å². The molecule has 0 atom stereocenters. The molecule has 0 radical (unpaired) electrons. The number of aliphatic hydroxyl groups excluding tert-OH is 1. The topological polar surface area (TPSA) is 66.8 Å². The van der Waals surface area contributed by atoms with Crippen molar-refractivity contribution in [3.63, 3.8) is 0 Å². The molecule has 2 aromatic carbocycles. The number of hydrogen-bond donors (Lipinski definition) is 2. The van der Waals surface area contributed by atoms with Crippen LogP contribution in [0.1, 0.15) is 35.7 Å². The zero-order chi connectivity index (χ0) is 14.7. The first-order valence-electron chi connectivity index (χ1n) is 6.57. The lowest BCUT2D eigenvalue weighted by atomic mass is 9.97. The number of hydrogen-bond acceptors (Lipinski definition) is 3. The lowest BCUT2D eigenvalue weighted by Gasteiger charge is -2.12. The van der Waals surface area contributed by atoms with Crippen molar-refractivity contribution >= 4 is 16.7 Å². The molecule has 4 nitrogen and oxygen atoms in total. The van der Waals surface area contributed by atoms with Crippen molar-refractivity contribution in [2.75, 3.05) is 13.2 Å². The highest BCUT2D eigenvalue weighted by Crippen LogP contribution is 2.30. The number of carboxylic acid groups (broad SMARTS) is 1. The molecule has 0 aliphatic carbocycles. The molecule has 0 aliphatic heterocycles. The van der Waals surface area contributed by atoms with E-state index in [9.17, 15) is 4.79 Å². The highest BCUT2D eigenvalue weighted by Gasteiger charge is 2.11. The van der Waals surface area contributed by atoms with Gasteiger partial charge in [0.1, 0.15) is 12.4 Å². The number of rotatable bonds is 5. The fraction of sp³-hybridized carbons (Fsp3) is 0.312. The molecule has 0 saturated carbocycles. The Morgan fingerprint density at radius 1 is 1.25 bits per heavy atom. The van der Waals surface area contributed by atoms with E-state index in [4.69, 9.17) is 14.9 Å². The molecular weight excluding hydrogens is 256 g/mol. The van der Waals surface area contributed by atoms with Gasteiger partial charge in [-0.3, -0.25) is 0 Å². The van der Waals surface area contributed by atoms with Gasteiger partial charge in [-0.15, -0.1) is 0 Å². The molecule has 0 heterocycles. The average Bonchev–Trinajstić information content (AvgIpc) is 2.43. The van der Waals surface area contributed by atoms with Gasteiger partial charge in [0.05, 0.1) is 12.2 Å². The van der Waals surface area contributed by atoms with E-state index in [0.717, 1.165) is 16.3 Å². The van der Waals surface area contributed by atoms with Crippen LogP contribution in [-0.4, -0.2) is 29.4 Å². The van der Waals surface area contributed by atoms with Gasteiger partial charge >= 0.3 is 5.97 Å². The Labute approximate surface area is 117 Å². The summed E-state index contributed by atoms with van der Waals surface area (Å²) in [4.78, 5) is 11.1. The van der Waals surface area contributed by atoms with Crippen molar-refractivity contribution in [2.24, 2.45) is 0 Å². The van der Waals surface area contributed by atoms with E-state index >= 15 is 0 Å². The van der Waals surface area contributed by atoms with Crippen LogP contribution in [0, 0.1) is 0 Å². The first-order valence-corrected chi connectivity index (χ1v) is 6.57. The van der Waals surface area contributed by atoms with Crippen LogP contribution in [0.25, 0.3) is 10.8 Å². The summed E-state index contributed by atoms with van der Waals surface area (Å²) in [5.74, 6) is -0.116. The van der Waals surface area contributed by atoms with Crippen LogP contribution in [0.4, 0.5) is 0 Å². The summed E-state index contributed by atoms with van der Waals surface area (Å²) >= 11 is 0. The Kier molecular flexibility index (Phi) is 4.25. The standard InChI is InChI=1S/C16H18O4/c1-10(2)11-3-4-12-7-13(16(18)19)9-15(14(12)8-11)20-6-5-17/h3-4,7-10,17H,5-6H2,1-2H3,(H,18,19). The highest BCUT2D eigenvalue weighted by atomic mass is 16.5. The predicted molar refractivity (Wildman–Crippen MR) is 77.6 cm³/mol. The quantitative estimate of drug-likeness (QED) is 0.879. The average molecular weight is 274 g/mol. The fourth-order valence-corrected chi connectivity index (χ4v) is 2.10. The van der Waals surface area contributed by atoms with Gasteiger partial charge in [0.15, 0.2) is 0 Å². The zero-order valence-corrected chi connectivity index (χ0v) is 11.6. The van der Waals surface area contributed by atoms with Gasteiger partial charge in [-0.1, -0.05) is 26.0 Å². The maximum absolute atomic E-state index is 11.1. The van der Waals surface area contributed by atoms with Gasteiger partial charge in [-0.2, -0.15) is 0 Å². The molecule has 4 heteroatoms. The first kappa shape index (κ1) is 14.3. The predicted octanol–water partition coefficient (Wildman–Crippen LogP) is 3.03. The second-order valence-electron chi connectivity index (χ2n) is 4.99. The van der Waals surface area contributed by atoms with Crippen molar-refractivity contribution in [1.82, 2.24) is 0 Å². The number of benzene rings is 2. The minimum Gasteiger partial charge on any atom is -0.491 e. The van der Waals surface area contributed by atoms with E-state index < -0.39 is 5.97 Å². The van der Waals surface area contributed by atoms with Gasteiger partial charge in [-0.25, -0.2) is 4.79 Å². The maximum atomic E-state index is 11.1. The molecule has 0 unspecified atom stereocenters. The minimum atomic E-state index is -0.992. The number of aromatic carboxylic acids is 1. The Bertz CT molecular complexity index is 632. The molecule has 0 bridgehead atoms. The number of carboxylic acids is 1. The minimum absolute atomic E-state index is 0.108. The number of ether oxygens (including phenoxy) is 1. The second-order valence-corrected chi connectivity index (χ2v) is 4.99. The van der Waals surface area contributed by atoms with Crippen molar-refractivity contribution < 1.29 is 19.7 Å². The Hall–Kier alpha value is -2.07. The van der Waals surface area contributed by atoms with E-state index in [-0.39, 0.29) is 18.8 Å². The number of carbonyl (C=O) groups is 1. The molecule has 2 rings (SSSR count). The number of fused-ring (bicyclic) bond motifs is 1. The molecule has 0 amide bonds. The van der Waals surface area contributed by atoms with E-state index in [1.807, 2.05) is 18.2 Å². The molecule has 0 saturated heterocycles. The van der Waals surface area contributed by atoms with Gasteiger partial charge in [0.2, 0.25) is 0 Å². The highest BCUT2D eigenvalue weighted by molar-refractivity contribution is 5.97. The SMILES string of the molecule is CC(C)c1ccc2cc(C(=O)O)cc(OCCO)c2c1. The van der Waals surface area contributed by atoms with Crippen LogP contribution in [0.2, 0.25) is 0 Å². The second kappa shape index (κ2) is 5.92. The summed E-state index contributed by atoms with van der Waals surface area (Å²) in [6.07, 6.45) is 0. The lowest BCUT2D eigenvalue weighted by Crippen LogP contribution is -2.04. The monoisotopic (exact) mass is 274 g/mol. The summed E-state index contributed by atoms with van der Waals surface area (Å²) in [6.45, 7) is 4.23. The van der Waals surface area contributed by atoms with Gasteiger partial charge < -0.3 is 14.9 Å². The summed E-state index contributed by atoms with van der Waals surface area (Å²) < 4.78 is 5.48. The molecule has 0 aromatic heterocycles. The lowest BCUT2D eigenvalue weighted by molar-refractivity contribution is 0.0696. The fourth-order valence-electron chi connectivity index (χ4n) is 2.10. The van der Waals surface area contributed by atoms with Gasteiger partial charge in [-0.05, 0) is 35.1 Å². The summed E-state index contributed by atoms with van der Waals surface area (Å²) in [5, 5.41) is 19.7. The van der Waals surface area contributed by atoms with Crippen LogP contribution < -0.4 is 4.74 Å². The van der Waals surface area contributed by atoms with Crippen LogP contribution in [0.5, 0.6) is 5.75 Å². The molecule has 0 fully saturated rings. The van der Waals surface area contributed by atoms with Crippen molar-refractivity contribution in [1.29, 1.82) is 0 Å². The largest absolute Gasteiger partial charge is 0.491 e. The number of aliphatic hydroxyl groups is 1. The summed E-state index contributed by atoms with van der Waals surface area (Å²) in [5.41, 5.74) is 1.34. The summed E-state index contributed by atoms with van der Waals surface area (Å²) in [7, 11) is 0. The van der Waals surface area contributed by atoms with E-state index in [1.54, 1.807) is 6.07 Å². The first-order chi connectivity index (χ1) is 9.52. The van der Waals surface area contributed by atoms with Crippen molar-refractivity contribution in [3.05, 3.63) is 41.5 Å². The summed E-state index contributed by atoms with van der Waals surface area (Å²) in [6, 6.07) is 9.05.